The second-order valence-electron chi connectivity index (χ2n) is 5.09. The van der Waals surface area contributed by atoms with E-state index in [0.29, 0.717) is 0 Å². The van der Waals surface area contributed by atoms with Crippen LogP contribution in [0.5, 0.6) is 0 Å². The minimum Gasteiger partial charge on any atom is -0.379 e. The molecule has 0 amide bonds. The van der Waals surface area contributed by atoms with Crippen LogP contribution in [-0.4, -0.2) is 12.7 Å². The smallest absolute Gasteiger partial charge is 0.0653 e. The Bertz CT molecular complexity index is 174. The molecule has 0 aliphatic heterocycles. The SMILES string of the molecule is COC(C)(C)C1CC2CCC1C2. The molecule has 70 valence electrons. The lowest BCUT2D eigenvalue weighted by molar-refractivity contribution is -0.0467. The topological polar surface area (TPSA) is 9.23 Å². The number of ether oxygens (including phenoxy) is 1. The first-order valence-electron chi connectivity index (χ1n) is 5.18. The number of rotatable bonds is 2. The van der Waals surface area contributed by atoms with Gasteiger partial charge in [0.1, 0.15) is 0 Å². The third kappa shape index (κ3) is 1.19. The Morgan fingerprint density at radius 3 is 2.33 bits per heavy atom. The summed E-state index contributed by atoms with van der Waals surface area (Å²) in [5, 5.41) is 0. The van der Waals surface area contributed by atoms with Crippen LogP contribution in [0.2, 0.25) is 0 Å². The summed E-state index contributed by atoms with van der Waals surface area (Å²) >= 11 is 0. The van der Waals surface area contributed by atoms with E-state index in [-0.39, 0.29) is 5.60 Å². The van der Waals surface area contributed by atoms with Gasteiger partial charge in [0.05, 0.1) is 5.60 Å². The zero-order chi connectivity index (χ0) is 8.77. The van der Waals surface area contributed by atoms with Gasteiger partial charge in [-0.3, -0.25) is 0 Å². The summed E-state index contributed by atoms with van der Waals surface area (Å²) in [4.78, 5) is 0. The minimum atomic E-state index is 0.125. The average molecular weight is 168 g/mol. The molecule has 0 aromatic heterocycles. The third-order valence-electron chi connectivity index (χ3n) is 4.16. The van der Waals surface area contributed by atoms with Crippen LogP contribution in [0.15, 0.2) is 0 Å². The maximum atomic E-state index is 5.57. The standard InChI is InChI=1S/C11H20O/c1-11(2,12-3)10-7-8-4-5-9(10)6-8/h8-10H,4-7H2,1-3H3. The Hall–Kier alpha value is -0.0400. The Labute approximate surface area is 75.5 Å². The molecule has 3 atom stereocenters. The molecule has 1 heteroatoms. The highest BCUT2D eigenvalue weighted by Crippen LogP contribution is 2.52. The van der Waals surface area contributed by atoms with Crippen molar-refractivity contribution >= 4 is 0 Å². The molecule has 0 N–H and O–H groups in total. The monoisotopic (exact) mass is 168 g/mol. The molecular weight excluding hydrogens is 148 g/mol. The highest BCUT2D eigenvalue weighted by atomic mass is 16.5. The van der Waals surface area contributed by atoms with Crippen molar-refractivity contribution in [3.05, 3.63) is 0 Å². The molecule has 2 bridgehead atoms. The highest BCUT2D eigenvalue weighted by Gasteiger charge is 2.46. The van der Waals surface area contributed by atoms with E-state index < -0.39 is 0 Å². The van der Waals surface area contributed by atoms with Crippen molar-refractivity contribution in [1.82, 2.24) is 0 Å². The van der Waals surface area contributed by atoms with Crippen LogP contribution >= 0.6 is 0 Å². The van der Waals surface area contributed by atoms with E-state index in [2.05, 4.69) is 13.8 Å². The van der Waals surface area contributed by atoms with Gasteiger partial charge in [-0.15, -0.1) is 0 Å². The number of hydrogen-bond donors (Lipinski definition) is 0. The van der Waals surface area contributed by atoms with Gasteiger partial charge in [0.15, 0.2) is 0 Å². The molecule has 0 radical (unpaired) electrons. The van der Waals surface area contributed by atoms with Gasteiger partial charge in [0, 0.05) is 7.11 Å². The maximum absolute atomic E-state index is 5.57. The largest absolute Gasteiger partial charge is 0.379 e. The van der Waals surface area contributed by atoms with Crippen LogP contribution in [0.25, 0.3) is 0 Å². The lowest BCUT2D eigenvalue weighted by Gasteiger charge is -2.36. The van der Waals surface area contributed by atoms with Gasteiger partial charge in [0.2, 0.25) is 0 Å². The van der Waals surface area contributed by atoms with Crippen LogP contribution in [0.4, 0.5) is 0 Å². The van der Waals surface area contributed by atoms with Gasteiger partial charge in [-0.25, -0.2) is 0 Å². The van der Waals surface area contributed by atoms with Crippen molar-refractivity contribution in [2.24, 2.45) is 17.8 Å². The van der Waals surface area contributed by atoms with Gasteiger partial charge in [0.25, 0.3) is 0 Å². The molecule has 2 saturated carbocycles. The Morgan fingerprint density at radius 2 is 1.92 bits per heavy atom. The van der Waals surface area contributed by atoms with E-state index in [1.54, 1.807) is 0 Å². The molecular formula is C11H20O. The van der Waals surface area contributed by atoms with Gasteiger partial charge in [-0.05, 0) is 50.9 Å². The molecule has 0 saturated heterocycles. The van der Waals surface area contributed by atoms with E-state index in [4.69, 9.17) is 4.74 Å². The predicted molar refractivity (Wildman–Crippen MR) is 50.0 cm³/mol. The van der Waals surface area contributed by atoms with Gasteiger partial charge in [-0.1, -0.05) is 6.42 Å². The molecule has 0 aromatic rings. The van der Waals surface area contributed by atoms with Crippen molar-refractivity contribution in [3.63, 3.8) is 0 Å². The van der Waals surface area contributed by atoms with E-state index in [1.165, 1.54) is 25.7 Å². The summed E-state index contributed by atoms with van der Waals surface area (Å²) in [7, 11) is 1.85. The zero-order valence-corrected chi connectivity index (χ0v) is 8.47. The number of fused-ring (bicyclic) bond motifs is 2. The molecule has 0 spiro atoms. The first-order valence-corrected chi connectivity index (χ1v) is 5.18. The molecule has 1 nitrogen and oxygen atoms in total. The fraction of sp³-hybridized carbons (Fsp3) is 1.00. The molecule has 0 aromatic carbocycles. The second-order valence-corrected chi connectivity index (χ2v) is 5.09. The first-order chi connectivity index (χ1) is 5.63. The first kappa shape index (κ1) is 8.55. The van der Waals surface area contributed by atoms with E-state index in [1.807, 2.05) is 7.11 Å². The van der Waals surface area contributed by atoms with E-state index in [0.717, 1.165) is 17.8 Å². The lowest BCUT2D eigenvalue weighted by Crippen LogP contribution is -2.36. The normalized spacial score (nSPS) is 40.8. The number of hydrogen-bond acceptors (Lipinski definition) is 1. The maximum Gasteiger partial charge on any atom is 0.0653 e. The molecule has 12 heavy (non-hydrogen) atoms. The van der Waals surface area contributed by atoms with Crippen LogP contribution in [0.3, 0.4) is 0 Å². The summed E-state index contributed by atoms with van der Waals surface area (Å²) in [6, 6.07) is 0. The summed E-state index contributed by atoms with van der Waals surface area (Å²) in [5.41, 5.74) is 0.125. The van der Waals surface area contributed by atoms with E-state index in [9.17, 15) is 0 Å². The van der Waals surface area contributed by atoms with Crippen LogP contribution < -0.4 is 0 Å². The van der Waals surface area contributed by atoms with Crippen LogP contribution in [0, 0.1) is 17.8 Å². The van der Waals surface area contributed by atoms with Crippen molar-refractivity contribution < 1.29 is 4.74 Å². The molecule has 0 heterocycles. The average Bonchev–Trinajstić information content (AvgIpc) is 2.64. The van der Waals surface area contributed by atoms with Crippen molar-refractivity contribution in [2.75, 3.05) is 7.11 Å². The molecule has 2 rings (SSSR count). The highest BCUT2D eigenvalue weighted by molar-refractivity contribution is 4.96. The fourth-order valence-corrected chi connectivity index (χ4v) is 3.25. The molecule has 2 fully saturated rings. The molecule has 2 aliphatic carbocycles. The van der Waals surface area contributed by atoms with Gasteiger partial charge >= 0.3 is 0 Å². The van der Waals surface area contributed by atoms with Crippen LogP contribution in [0.1, 0.15) is 39.5 Å². The third-order valence-corrected chi connectivity index (χ3v) is 4.16. The summed E-state index contributed by atoms with van der Waals surface area (Å²) < 4.78 is 5.57. The fourth-order valence-electron chi connectivity index (χ4n) is 3.25. The van der Waals surface area contributed by atoms with Gasteiger partial charge < -0.3 is 4.74 Å². The van der Waals surface area contributed by atoms with Crippen molar-refractivity contribution in [1.29, 1.82) is 0 Å². The zero-order valence-electron chi connectivity index (χ0n) is 8.47. The molecule has 2 aliphatic rings. The predicted octanol–water partition coefficient (Wildman–Crippen LogP) is 2.85. The second kappa shape index (κ2) is 2.73. The lowest BCUT2D eigenvalue weighted by atomic mass is 9.78. The van der Waals surface area contributed by atoms with Crippen molar-refractivity contribution in [2.45, 2.75) is 45.1 Å². The van der Waals surface area contributed by atoms with Crippen molar-refractivity contribution in [3.8, 4) is 0 Å². The van der Waals surface area contributed by atoms with Gasteiger partial charge in [-0.2, -0.15) is 0 Å². The summed E-state index contributed by atoms with van der Waals surface area (Å²) in [6.07, 6.45) is 5.85. The summed E-state index contributed by atoms with van der Waals surface area (Å²) in [5.74, 6) is 2.85. The minimum absolute atomic E-state index is 0.125. The number of methoxy groups -OCH3 is 1. The Kier molecular flexibility index (Phi) is 1.95. The van der Waals surface area contributed by atoms with E-state index >= 15 is 0 Å². The molecule has 3 unspecified atom stereocenters. The summed E-state index contributed by atoms with van der Waals surface area (Å²) in [6.45, 7) is 4.50. The quantitative estimate of drug-likeness (QED) is 0.616. The Morgan fingerprint density at radius 1 is 1.17 bits per heavy atom. The van der Waals surface area contributed by atoms with Crippen LogP contribution in [-0.2, 0) is 4.74 Å². The Balaban J connectivity index is 2.06.